The molecule has 4 aromatic rings. The molecular weight excluding hydrogens is 557 g/mol. The molecule has 9 nitrogen and oxygen atoms in total. The zero-order valence-corrected chi connectivity index (χ0v) is 25.3. The fourth-order valence-corrected chi connectivity index (χ4v) is 8.15. The number of rotatable bonds is 12. The lowest BCUT2D eigenvalue weighted by Crippen LogP contribution is -2.59. The second-order valence-corrected chi connectivity index (χ2v) is 13.5. The lowest BCUT2D eigenvalue weighted by atomic mass is 10.1. The van der Waals surface area contributed by atoms with Crippen LogP contribution in [0.5, 0.6) is 0 Å². The maximum Gasteiger partial charge on any atom is 0.253 e. The van der Waals surface area contributed by atoms with Crippen LogP contribution in [-0.2, 0) is 21.4 Å². The summed E-state index contributed by atoms with van der Waals surface area (Å²) in [7, 11) is -3.79. The fraction of sp³-hybridized carbons (Fsp3) is 0.433. The number of aromatic nitrogens is 3. The smallest absolute Gasteiger partial charge is 0.253 e. The lowest BCUT2D eigenvalue weighted by Gasteiger charge is -2.39. The molecule has 1 saturated heterocycles. The van der Waals surface area contributed by atoms with Crippen molar-refractivity contribution < 1.29 is 13.2 Å². The summed E-state index contributed by atoms with van der Waals surface area (Å²) in [6, 6.07) is 12.0. The number of pyridine rings is 1. The quantitative estimate of drug-likeness (QED) is 0.219. The molecule has 1 fully saturated rings. The van der Waals surface area contributed by atoms with Crippen molar-refractivity contribution in [1.82, 2.24) is 23.7 Å². The van der Waals surface area contributed by atoms with Crippen LogP contribution in [0.25, 0.3) is 22.4 Å². The maximum absolute atomic E-state index is 13.8. The summed E-state index contributed by atoms with van der Waals surface area (Å²) in [6.07, 6.45) is 9.32. The summed E-state index contributed by atoms with van der Waals surface area (Å²) in [4.78, 5) is 25.1. The molecule has 1 unspecified atom stereocenters. The highest BCUT2D eigenvalue weighted by Gasteiger charge is 2.40. The van der Waals surface area contributed by atoms with E-state index in [1.165, 1.54) is 34.9 Å². The number of hydrogen-bond acceptors (Lipinski definition) is 7. The minimum atomic E-state index is -3.79. The van der Waals surface area contributed by atoms with Crippen LogP contribution in [0.1, 0.15) is 46.0 Å². The average Bonchev–Trinajstić information content (AvgIpc) is 3.66. The van der Waals surface area contributed by atoms with Gasteiger partial charge in [-0.2, -0.15) is 4.31 Å². The highest BCUT2D eigenvalue weighted by Crippen LogP contribution is 2.28. The minimum Gasteiger partial charge on any atom is -0.325 e. The predicted octanol–water partition coefficient (Wildman–Crippen LogP) is 5.46. The van der Waals surface area contributed by atoms with E-state index in [0.717, 1.165) is 48.4 Å². The molecule has 41 heavy (non-hydrogen) atoms. The Hall–Kier alpha value is -3.12. The van der Waals surface area contributed by atoms with Crippen molar-refractivity contribution in [2.75, 3.05) is 31.5 Å². The molecule has 4 heterocycles. The average molecular weight is 595 g/mol. The molecule has 1 N–H and O–H groups in total. The largest absolute Gasteiger partial charge is 0.325 e. The molecule has 0 spiro atoms. The van der Waals surface area contributed by atoms with E-state index in [4.69, 9.17) is 4.98 Å². The normalized spacial score (nSPS) is 16.8. The molecular formula is C30H38N6O3S2. The van der Waals surface area contributed by atoms with Crippen LogP contribution in [0.4, 0.5) is 5.69 Å². The number of aryl methyl sites for hydroxylation is 1. The van der Waals surface area contributed by atoms with Gasteiger partial charge in [-0.05, 0) is 61.7 Å². The summed E-state index contributed by atoms with van der Waals surface area (Å²) < 4.78 is 30.9. The monoisotopic (exact) mass is 594 g/mol. The van der Waals surface area contributed by atoms with Crippen molar-refractivity contribution in [3.8, 4) is 11.4 Å². The number of carbonyl (C=O) groups is 1. The Bertz CT molecular complexity index is 1550. The van der Waals surface area contributed by atoms with Crippen LogP contribution in [-0.4, -0.2) is 70.3 Å². The first-order chi connectivity index (χ1) is 19.9. The Balaban J connectivity index is 1.38. The summed E-state index contributed by atoms with van der Waals surface area (Å²) in [5, 5.41) is 4.76. The Kier molecular flexibility index (Phi) is 9.49. The van der Waals surface area contributed by atoms with Crippen molar-refractivity contribution in [3.05, 3.63) is 60.2 Å². The van der Waals surface area contributed by atoms with Gasteiger partial charge in [0.1, 0.15) is 16.1 Å². The van der Waals surface area contributed by atoms with E-state index >= 15 is 0 Å². The number of unbranched alkanes of at least 4 members (excludes halogenated alkanes) is 4. The molecule has 1 aliphatic rings. The molecule has 0 radical (unpaired) electrons. The van der Waals surface area contributed by atoms with Crippen molar-refractivity contribution >= 4 is 44.0 Å². The molecule has 1 atom stereocenters. The number of carbonyl (C=O) groups excluding carboxylic acids is 1. The molecule has 218 valence electrons. The van der Waals surface area contributed by atoms with Gasteiger partial charge in [0.05, 0.1) is 11.0 Å². The van der Waals surface area contributed by atoms with E-state index in [2.05, 4.69) is 33.6 Å². The number of thiophene rings is 1. The number of nitrogens with one attached hydrogen (secondary N) is 1. The first kappa shape index (κ1) is 29.4. The topological polar surface area (TPSA) is 100 Å². The van der Waals surface area contributed by atoms with E-state index in [0.29, 0.717) is 18.8 Å². The predicted molar refractivity (Wildman–Crippen MR) is 164 cm³/mol. The van der Waals surface area contributed by atoms with Gasteiger partial charge in [0.25, 0.3) is 10.0 Å². The Morgan fingerprint density at radius 3 is 2.66 bits per heavy atom. The van der Waals surface area contributed by atoms with Gasteiger partial charge in [-0.25, -0.2) is 13.4 Å². The third kappa shape index (κ3) is 6.53. The van der Waals surface area contributed by atoms with Gasteiger partial charge in [-0.15, -0.1) is 11.3 Å². The zero-order chi connectivity index (χ0) is 28.8. The van der Waals surface area contributed by atoms with E-state index in [1.54, 1.807) is 29.9 Å². The molecule has 0 saturated carbocycles. The first-order valence-electron chi connectivity index (χ1n) is 14.4. The van der Waals surface area contributed by atoms with Gasteiger partial charge in [-0.1, -0.05) is 38.7 Å². The van der Waals surface area contributed by atoms with Crippen LogP contribution in [0.2, 0.25) is 0 Å². The highest BCUT2D eigenvalue weighted by molar-refractivity contribution is 7.91. The third-order valence-corrected chi connectivity index (χ3v) is 10.9. The minimum absolute atomic E-state index is 0.262. The number of anilines is 1. The summed E-state index contributed by atoms with van der Waals surface area (Å²) in [5.74, 6) is 0.483. The number of hydrogen-bond donors (Lipinski definition) is 1. The van der Waals surface area contributed by atoms with Gasteiger partial charge in [-0.3, -0.25) is 14.7 Å². The second-order valence-electron chi connectivity index (χ2n) is 10.4. The summed E-state index contributed by atoms with van der Waals surface area (Å²) in [5.41, 5.74) is 3.22. The number of nitrogens with zero attached hydrogens (tertiary/aromatic N) is 5. The third-order valence-electron chi connectivity index (χ3n) is 7.61. The Morgan fingerprint density at radius 1 is 1.07 bits per heavy atom. The Morgan fingerprint density at radius 2 is 1.93 bits per heavy atom. The molecule has 1 aliphatic heterocycles. The van der Waals surface area contributed by atoms with Crippen molar-refractivity contribution in [2.45, 2.75) is 62.7 Å². The molecule has 11 heteroatoms. The molecule has 1 amide bonds. The van der Waals surface area contributed by atoms with Crippen molar-refractivity contribution in [1.29, 1.82) is 0 Å². The SMILES string of the molecule is CCCCCCCN1CCN(S(=O)(=O)c2cccs2)C(C(=O)Nc2ccc3c(c2)nc(-c2cccnc2)n3CC)C1. The van der Waals surface area contributed by atoms with Crippen molar-refractivity contribution in [3.63, 3.8) is 0 Å². The maximum atomic E-state index is 13.8. The van der Waals surface area contributed by atoms with Gasteiger partial charge in [0.15, 0.2) is 0 Å². The first-order valence-corrected chi connectivity index (χ1v) is 16.7. The van der Waals surface area contributed by atoms with Crippen molar-refractivity contribution in [2.24, 2.45) is 0 Å². The van der Waals surface area contributed by atoms with E-state index in [-0.39, 0.29) is 16.7 Å². The van der Waals surface area contributed by atoms with Gasteiger partial charge in [0, 0.05) is 49.8 Å². The number of benzene rings is 1. The number of piperazine rings is 1. The van der Waals surface area contributed by atoms with Crippen LogP contribution >= 0.6 is 11.3 Å². The molecule has 0 aliphatic carbocycles. The molecule has 5 rings (SSSR count). The molecule has 0 bridgehead atoms. The second kappa shape index (κ2) is 13.2. The number of fused-ring (bicyclic) bond motifs is 1. The number of imidazole rings is 1. The van der Waals surface area contributed by atoms with Crippen LogP contribution in [0.15, 0.2) is 64.4 Å². The molecule has 1 aromatic carbocycles. The van der Waals surface area contributed by atoms with Gasteiger partial charge >= 0.3 is 0 Å². The number of sulfonamides is 1. The fourth-order valence-electron chi connectivity index (χ4n) is 5.46. The van der Waals surface area contributed by atoms with Crippen LogP contribution in [0, 0.1) is 0 Å². The number of amides is 1. The van der Waals surface area contributed by atoms with Crippen LogP contribution in [0.3, 0.4) is 0 Å². The zero-order valence-electron chi connectivity index (χ0n) is 23.7. The van der Waals surface area contributed by atoms with E-state index < -0.39 is 16.1 Å². The van der Waals surface area contributed by atoms with Gasteiger partial charge < -0.3 is 9.88 Å². The van der Waals surface area contributed by atoms with Gasteiger partial charge in [0.2, 0.25) is 5.91 Å². The van der Waals surface area contributed by atoms with E-state index in [1.807, 2.05) is 30.3 Å². The summed E-state index contributed by atoms with van der Waals surface area (Å²) in [6.45, 7) is 7.11. The molecule has 3 aromatic heterocycles. The lowest BCUT2D eigenvalue weighted by molar-refractivity contribution is -0.121. The highest BCUT2D eigenvalue weighted by atomic mass is 32.2. The Labute approximate surface area is 246 Å². The van der Waals surface area contributed by atoms with E-state index in [9.17, 15) is 13.2 Å². The standard InChI is InChI=1S/C30H38N6O3S2/c1-3-5-6-7-8-16-34-17-18-36(41(38,39)28-12-10-19-40-28)27(22-34)30(37)32-24-13-14-26-25(20-24)33-29(35(26)4-2)23-11-9-15-31-21-23/h9-15,19-21,27H,3-8,16-18,22H2,1-2H3,(H,32,37). The van der Waals surface area contributed by atoms with Crippen LogP contribution < -0.4 is 5.32 Å². The summed E-state index contributed by atoms with van der Waals surface area (Å²) >= 11 is 1.18.